The summed E-state index contributed by atoms with van der Waals surface area (Å²) in [6.07, 6.45) is 0.572. The minimum Gasteiger partial charge on any atom is -0.493 e. The van der Waals surface area contributed by atoms with E-state index < -0.39 is 17.8 Å². The number of halogens is 2. The van der Waals surface area contributed by atoms with Crippen LogP contribution in [-0.2, 0) is 20.8 Å². The van der Waals surface area contributed by atoms with Gasteiger partial charge in [-0.15, -0.1) is 0 Å². The van der Waals surface area contributed by atoms with Gasteiger partial charge < -0.3 is 18.9 Å². The molecule has 3 aromatic carbocycles. The summed E-state index contributed by atoms with van der Waals surface area (Å²) in [4.78, 5) is 25.5. The first-order valence-corrected chi connectivity index (χ1v) is 15.1. The van der Waals surface area contributed by atoms with Crippen LogP contribution in [0.2, 0.25) is 0 Å². The Kier molecular flexibility index (Phi) is 11.9. The Balaban J connectivity index is 2.09. The molecule has 0 fully saturated rings. The number of esters is 2. The lowest BCUT2D eigenvalue weighted by molar-refractivity contribution is 0.0470. The summed E-state index contributed by atoms with van der Waals surface area (Å²) in [6.45, 7) is 2.68. The molecule has 0 bridgehead atoms. The van der Waals surface area contributed by atoms with Crippen molar-refractivity contribution in [1.29, 1.82) is 0 Å². The van der Waals surface area contributed by atoms with Crippen molar-refractivity contribution >= 4 is 42.1 Å². The molecule has 3 rings (SSSR count). The quantitative estimate of drug-likeness (QED) is 0.0977. The molecule has 0 aliphatic carbocycles. The molecule has 0 atom stereocenters. The van der Waals surface area contributed by atoms with Crippen molar-refractivity contribution < 1.29 is 32.9 Å². The highest BCUT2D eigenvalue weighted by Gasteiger charge is 2.21. The first-order valence-electron chi connectivity index (χ1n) is 11.7. The maximum Gasteiger partial charge on any atom is 0.339 e. The largest absolute Gasteiger partial charge is 0.493 e. The molecule has 0 heterocycles. The molecule has 9 heteroatoms. The van der Waals surface area contributed by atoms with Gasteiger partial charge in [-0.05, 0) is 57.0 Å². The van der Waals surface area contributed by atoms with E-state index in [-0.39, 0.29) is 42.3 Å². The van der Waals surface area contributed by atoms with Crippen LogP contribution in [0.3, 0.4) is 0 Å². The molecule has 0 aliphatic heterocycles. The number of benzene rings is 3. The zero-order chi connectivity index (χ0) is 27.3. The fourth-order valence-electron chi connectivity index (χ4n) is 3.52. The third kappa shape index (κ3) is 8.21. The van der Waals surface area contributed by atoms with Crippen LogP contribution in [0.15, 0.2) is 60.7 Å². The van der Waals surface area contributed by atoms with Gasteiger partial charge in [0.2, 0.25) is 0 Å². The average molecular weight is 648 g/mol. The molecule has 38 heavy (non-hydrogen) atoms. The van der Waals surface area contributed by atoms with Crippen LogP contribution in [0.25, 0.3) is 11.1 Å². The standard InChI is InChI=1S/C29H26FIO6S/c1-3-35-28(32)22-10-11-26(30)24(17-22)25-16-21(12-15-38-31)23(18-27(25)36-14-7-13-34-2)29(33)37-19-20-8-5-4-6-9-20/h4-6,8-11,16-18H,3,7,13-14,19H2,1-2H3. The van der Waals surface area contributed by atoms with Crippen LogP contribution < -0.4 is 4.74 Å². The Morgan fingerprint density at radius 1 is 0.974 bits per heavy atom. The fourth-order valence-corrected chi connectivity index (χ4v) is 3.99. The fraction of sp³-hybridized carbons (Fsp3) is 0.241. The normalized spacial score (nSPS) is 10.3. The minimum absolute atomic E-state index is 0.0789. The zero-order valence-corrected chi connectivity index (χ0v) is 23.9. The summed E-state index contributed by atoms with van der Waals surface area (Å²) in [5.41, 5.74) is 2.01. The molecule has 3 aromatic rings. The van der Waals surface area contributed by atoms with Gasteiger partial charge in [0.15, 0.2) is 0 Å². The minimum atomic E-state index is -0.592. The van der Waals surface area contributed by atoms with Gasteiger partial charge in [0, 0.05) is 58.0 Å². The van der Waals surface area contributed by atoms with E-state index in [1.807, 2.05) is 51.5 Å². The van der Waals surface area contributed by atoms with Gasteiger partial charge in [-0.25, -0.2) is 14.0 Å². The van der Waals surface area contributed by atoms with Crippen LogP contribution in [0.5, 0.6) is 5.75 Å². The smallest absolute Gasteiger partial charge is 0.339 e. The van der Waals surface area contributed by atoms with Crippen LogP contribution in [0, 0.1) is 17.0 Å². The van der Waals surface area contributed by atoms with Crippen LogP contribution in [0.4, 0.5) is 4.39 Å². The van der Waals surface area contributed by atoms with E-state index in [0.29, 0.717) is 24.2 Å². The second-order valence-corrected chi connectivity index (χ2v) is 9.55. The summed E-state index contributed by atoms with van der Waals surface area (Å²) in [7, 11) is 2.83. The molecular weight excluding hydrogens is 622 g/mol. The molecular formula is C29H26FIO6S. The molecule has 0 N–H and O–H groups in total. The SMILES string of the molecule is CCOC(=O)c1ccc(F)c(-c2cc(C#CSI)c(C(=O)OCc3ccccc3)cc2OCCCOC)c1. The highest BCUT2D eigenvalue weighted by atomic mass is 127. The van der Waals surface area contributed by atoms with Crippen LogP contribution in [-0.4, -0.2) is 38.9 Å². The van der Waals surface area contributed by atoms with E-state index in [1.54, 1.807) is 20.1 Å². The lowest BCUT2D eigenvalue weighted by Crippen LogP contribution is -2.10. The van der Waals surface area contributed by atoms with E-state index in [1.165, 1.54) is 33.2 Å². The summed E-state index contributed by atoms with van der Waals surface area (Å²) >= 11 is 2.02. The summed E-state index contributed by atoms with van der Waals surface area (Å²) < 4.78 is 36.8. The summed E-state index contributed by atoms with van der Waals surface area (Å²) in [6, 6.07) is 16.4. The van der Waals surface area contributed by atoms with Gasteiger partial charge in [-0.3, -0.25) is 0 Å². The maximum atomic E-state index is 15.1. The van der Waals surface area contributed by atoms with Crippen molar-refractivity contribution in [3.63, 3.8) is 0 Å². The number of hydrogen-bond donors (Lipinski definition) is 0. The molecule has 0 spiro atoms. The number of carbonyl (C=O) groups is 2. The molecule has 0 aliphatic rings. The second-order valence-electron chi connectivity index (χ2n) is 7.87. The lowest BCUT2D eigenvalue weighted by Gasteiger charge is -2.16. The van der Waals surface area contributed by atoms with Crippen molar-refractivity contribution in [2.45, 2.75) is 20.0 Å². The number of rotatable bonds is 11. The average Bonchev–Trinajstić information content (AvgIpc) is 2.94. The van der Waals surface area contributed by atoms with Gasteiger partial charge in [0.25, 0.3) is 0 Å². The predicted molar refractivity (Wildman–Crippen MR) is 154 cm³/mol. The second kappa shape index (κ2) is 15.4. The Labute approximate surface area is 237 Å². The highest BCUT2D eigenvalue weighted by Crippen LogP contribution is 2.36. The van der Waals surface area contributed by atoms with E-state index in [9.17, 15) is 9.59 Å². The van der Waals surface area contributed by atoms with Crippen LogP contribution in [0.1, 0.15) is 45.2 Å². The van der Waals surface area contributed by atoms with E-state index in [2.05, 4.69) is 11.2 Å². The highest BCUT2D eigenvalue weighted by molar-refractivity contribution is 14.2. The lowest BCUT2D eigenvalue weighted by atomic mass is 9.96. The van der Waals surface area contributed by atoms with Gasteiger partial charge >= 0.3 is 11.9 Å². The molecule has 0 aromatic heterocycles. The van der Waals surface area contributed by atoms with Crippen molar-refractivity contribution in [2.24, 2.45) is 0 Å². The molecule has 0 unspecified atom stereocenters. The third-order valence-corrected chi connectivity index (χ3v) is 6.13. The third-order valence-electron chi connectivity index (χ3n) is 5.29. The van der Waals surface area contributed by atoms with Gasteiger partial charge in [0.1, 0.15) is 18.2 Å². The van der Waals surface area contributed by atoms with Crippen molar-refractivity contribution in [2.75, 3.05) is 26.9 Å². The first-order chi connectivity index (χ1) is 18.5. The predicted octanol–water partition coefficient (Wildman–Crippen LogP) is 6.83. The Hall–Kier alpha value is -3.07. The van der Waals surface area contributed by atoms with Crippen molar-refractivity contribution in [3.8, 4) is 28.0 Å². The molecule has 0 amide bonds. The van der Waals surface area contributed by atoms with Gasteiger partial charge in [-0.2, -0.15) is 0 Å². The van der Waals surface area contributed by atoms with Crippen LogP contribution >= 0.6 is 30.1 Å². The number of ether oxygens (including phenoxy) is 4. The Morgan fingerprint density at radius 2 is 1.76 bits per heavy atom. The first kappa shape index (κ1) is 29.5. The number of hydrogen-bond acceptors (Lipinski definition) is 7. The van der Waals surface area contributed by atoms with Gasteiger partial charge in [0.05, 0.1) is 24.3 Å². The van der Waals surface area contributed by atoms with E-state index in [0.717, 1.165) is 5.56 Å². The Morgan fingerprint density at radius 3 is 2.47 bits per heavy atom. The van der Waals surface area contributed by atoms with Crippen molar-refractivity contribution in [1.82, 2.24) is 0 Å². The monoisotopic (exact) mass is 648 g/mol. The molecule has 6 nitrogen and oxygen atoms in total. The Bertz CT molecular complexity index is 1320. The van der Waals surface area contributed by atoms with Gasteiger partial charge in [-0.1, -0.05) is 36.3 Å². The summed E-state index contributed by atoms with van der Waals surface area (Å²) in [5, 5.41) is 2.87. The number of methoxy groups -OCH3 is 1. The molecule has 0 radical (unpaired) electrons. The zero-order valence-electron chi connectivity index (χ0n) is 20.9. The molecule has 198 valence electrons. The van der Waals surface area contributed by atoms with E-state index in [4.69, 9.17) is 18.9 Å². The topological polar surface area (TPSA) is 71.1 Å². The number of carbonyl (C=O) groups excluding carboxylic acids is 2. The molecule has 0 saturated heterocycles. The maximum absolute atomic E-state index is 15.1. The van der Waals surface area contributed by atoms with E-state index >= 15 is 4.39 Å². The molecule has 0 saturated carbocycles. The summed E-state index contributed by atoms with van der Waals surface area (Å²) in [5.74, 6) is 1.47. The van der Waals surface area contributed by atoms with Crippen molar-refractivity contribution in [3.05, 3.63) is 88.7 Å².